The van der Waals surface area contributed by atoms with Crippen molar-refractivity contribution in [2.45, 2.75) is 64.8 Å². The van der Waals surface area contributed by atoms with Crippen LogP contribution < -0.4 is 4.90 Å². The van der Waals surface area contributed by atoms with Crippen molar-refractivity contribution in [1.29, 1.82) is 0 Å². The smallest absolute Gasteiger partial charge is 0.410 e. The molecule has 2 aliphatic rings. The molecule has 0 bridgehead atoms. The molecule has 2 aliphatic heterocycles. The summed E-state index contributed by atoms with van der Waals surface area (Å²) in [6, 6.07) is 4.60. The number of aliphatic hydroxyl groups excluding tert-OH is 1. The van der Waals surface area contributed by atoms with Crippen LogP contribution >= 0.6 is 0 Å². The zero-order chi connectivity index (χ0) is 31.5. The van der Waals surface area contributed by atoms with E-state index in [2.05, 4.69) is 4.90 Å². The highest BCUT2D eigenvalue weighted by Gasteiger charge is 2.27. The number of likely N-dealkylation sites (N-methyl/N-ethyl adjacent to an activating group) is 1. The Morgan fingerprint density at radius 1 is 1.09 bits per heavy atom. The van der Waals surface area contributed by atoms with Gasteiger partial charge in [-0.25, -0.2) is 13.6 Å². The lowest BCUT2D eigenvalue weighted by atomic mass is 9.86. The van der Waals surface area contributed by atoms with Gasteiger partial charge in [0.05, 0.1) is 6.10 Å². The van der Waals surface area contributed by atoms with Crippen molar-refractivity contribution in [3.05, 3.63) is 47.3 Å². The van der Waals surface area contributed by atoms with E-state index in [4.69, 9.17) is 4.74 Å². The molecule has 238 valence electrons. The first-order valence-electron chi connectivity index (χ1n) is 15.3. The first-order valence-corrected chi connectivity index (χ1v) is 15.3. The molecule has 43 heavy (non-hydrogen) atoms. The number of amides is 1. The van der Waals surface area contributed by atoms with E-state index in [0.29, 0.717) is 56.4 Å². The van der Waals surface area contributed by atoms with Gasteiger partial charge in [0, 0.05) is 57.3 Å². The van der Waals surface area contributed by atoms with Gasteiger partial charge in [-0.15, -0.1) is 0 Å². The van der Waals surface area contributed by atoms with Crippen LogP contribution in [0, 0.1) is 23.6 Å². The van der Waals surface area contributed by atoms with Gasteiger partial charge in [-0.1, -0.05) is 31.6 Å². The Hall–Kier alpha value is -3.11. The molecule has 2 fully saturated rings. The average molecular weight is 604 g/mol. The minimum absolute atomic E-state index is 0.0547. The van der Waals surface area contributed by atoms with Crippen molar-refractivity contribution < 1.29 is 33.0 Å². The number of allylic oxidation sites excluding steroid dienone is 2. The van der Waals surface area contributed by atoms with E-state index in [1.807, 2.05) is 44.9 Å². The molecule has 2 saturated heterocycles. The molecule has 2 heterocycles. The summed E-state index contributed by atoms with van der Waals surface area (Å²) in [6.07, 6.45) is 5.71. The number of carbonyl (C=O) groups is 3. The van der Waals surface area contributed by atoms with Crippen LogP contribution in [-0.2, 0) is 14.3 Å². The summed E-state index contributed by atoms with van der Waals surface area (Å²) >= 11 is 0. The number of benzene rings is 1. The molecule has 1 aromatic carbocycles. The molecule has 0 radical (unpaired) electrons. The van der Waals surface area contributed by atoms with Gasteiger partial charge in [0.1, 0.15) is 30.7 Å². The lowest BCUT2D eigenvalue weighted by Gasteiger charge is -2.33. The van der Waals surface area contributed by atoms with Crippen LogP contribution in [0.3, 0.4) is 0 Å². The number of halogens is 2. The van der Waals surface area contributed by atoms with Crippen molar-refractivity contribution >= 4 is 30.4 Å². The Labute approximate surface area is 254 Å². The number of ether oxygens (including phenoxy) is 1. The zero-order valence-electron chi connectivity index (χ0n) is 25.8. The lowest BCUT2D eigenvalue weighted by molar-refractivity contribution is -0.111. The number of hydrogen-bond acceptors (Lipinski definition) is 7. The van der Waals surface area contributed by atoms with Gasteiger partial charge in [-0.2, -0.15) is 0 Å². The Balaban J connectivity index is 1.74. The topological polar surface area (TPSA) is 90.4 Å². The largest absolute Gasteiger partial charge is 0.442 e. The minimum atomic E-state index is -0.926. The molecule has 1 aromatic rings. The number of nitrogens with zero attached hydrogens (tertiary/aromatic N) is 3. The van der Waals surface area contributed by atoms with Crippen LogP contribution in [0.2, 0.25) is 0 Å². The zero-order valence-corrected chi connectivity index (χ0v) is 25.8. The summed E-state index contributed by atoms with van der Waals surface area (Å²) in [5.41, 5.74) is 1.95. The SMILES string of the molecule is C/C(=C\c1cc(F)cc(N2CC[C@@H](F)C2)c1)[C@@H](C=O)[C@@H](C)/C=C/[C@H](OC(=O)N1CCN(C)CC1)[C@@H](C)CC[C@@H](O)CC=O. The quantitative estimate of drug-likeness (QED) is 0.239. The maximum atomic E-state index is 14.5. The molecule has 0 saturated carbocycles. The van der Waals surface area contributed by atoms with E-state index in [1.54, 1.807) is 17.1 Å². The van der Waals surface area contributed by atoms with Crippen molar-refractivity contribution in [3.8, 4) is 0 Å². The number of aldehydes is 2. The third-order valence-electron chi connectivity index (χ3n) is 8.52. The fourth-order valence-electron chi connectivity index (χ4n) is 5.60. The van der Waals surface area contributed by atoms with Gasteiger partial charge in [-0.3, -0.25) is 0 Å². The number of rotatable bonds is 14. The Morgan fingerprint density at radius 3 is 2.44 bits per heavy atom. The molecule has 1 amide bonds. The predicted molar refractivity (Wildman–Crippen MR) is 164 cm³/mol. The van der Waals surface area contributed by atoms with Crippen molar-refractivity contribution in [2.24, 2.45) is 17.8 Å². The number of piperazine rings is 1. The molecular formula is C33H47F2N3O5. The fraction of sp³-hybridized carbons (Fsp3) is 0.606. The normalized spacial score (nSPS) is 21.8. The predicted octanol–water partition coefficient (Wildman–Crippen LogP) is 4.90. The van der Waals surface area contributed by atoms with Crippen molar-refractivity contribution in [1.82, 2.24) is 9.80 Å². The van der Waals surface area contributed by atoms with Crippen LogP contribution in [0.15, 0.2) is 35.9 Å². The highest BCUT2D eigenvalue weighted by molar-refractivity contribution is 5.69. The van der Waals surface area contributed by atoms with Crippen LogP contribution in [-0.4, -0.2) is 98.3 Å². The molecule has 6 atom stereocenters. The molecule has 10 heteroatoms. The second-order valence-electron chi connectivity index (χ2n) is 12.1. The van der Waals surface area contributed by atoms with Crippen LogP contribution in [0.4, 0.5) is 19.3 Å². The van der Waals surface area contributed by atoms with E-state index < -0.39 is 36.2 Å². The van der Waals surface area contributed by atoms with Crippen LogP contribution in [0.1, 0.15) is 52.0 Å². The standard InChI is InChI=1S/C33H47F2N3O5/c1-23(31(22-40)25(3)17-26-18-28(35)20-29(19-26)38-11-9-27(34)21-38)6-8-32(24(2)5-7-30(41)10-16-39)43-33(42)37-14-12-36(4)13-15-37/h6,8,16-20,22-24,27,30-32,41H,5,7,9-15,21H2,1-4H3/b8-6+,25-17+/t23-,24-,27+,30+,31-,32-/m0/s1. The van der Waals surface area contributed by atoms with Gasteiger partial charge in [0.25, 0.3) is 0 Å². The lowest BCUT2D eigenvalue weighted by Crippen LogP contribution is -2.48. The highest BCUT2D eigenvalue weighted by Crippen LogP contribution is 2.28. The summed E-state index contributed by atoms with van der Waals surface area (Å²) in [7, 11) is 2.00. The second kappa shape index (κ2) is 16.7. The minimum Gasteiger partial charge on any atom is -0.442 e. The fourth-order valence-corrected chi connectivity index (χ4v) is 5.60. The first kappa shape index (κ1) is 34.4. The number of anilines is 1. The number of aliphatic hydroxyl groups is 1. The Morgan fingerprint density at radius 2 is 1.81 bits per heavy atom. The van der Waals surface area contributed by atoms with Gasteiger partial charge < -0.3 is 34.1 Å². The number of carbonyl (C=O) groups excluding carboxylic acids is 3. The van der Waals surface area contributed by atoms with E-state index >= 15 is 0 Å². The summed E-state index contributed by atoms with van der Waals surface area (Å²) in [5, 5.41) is 10.0. The van der Waals surface area contributed by atoms with Crippen molar-refractivity contribution in [3.63, 3.8) is 0 Å². The maximum absolute atomic E-state index is 14.5. The molecule has 0 aliphatic carbocycles. The number of alkyl halides is 1. The molecule has 0 spiro atoms. The highest BCUT2D eigenvalue weighted by atomic mass is 19.1. The van der Waals surface area contributed by atoms with Gasteiger partial charge in [0.2, 0.25) is 0 Å². The third kappa shape index (κ3) is 10.5. The van der Waals surface area contributed by atoms with Gasteiger partial charge >= 0.3 is 6.09 Å². The third-order valence-corrected chi connectivity index (χ3v) is 8.52. The molecule has 3 rings (SSSR count). The average Bonchev–Trinajstić information content (AvgIpc) is 3.40. The molecule has 1 N–H and O–H groups in total. The van der Waals surface area contributed by atoms with E-state index in [1.165, 1.54) is 12.1 Å². The van der Waals surface area contributed by atoms with Gasteiger partial charge in [-0.05, 0) is 74.9 Å². The summed E-state index contributed by atoms with van der Waals surface area (Å²) < 4.78 is 34.1. The van der Waals surface area contributed by atoms with E-state index in [-0.39, 0.29) is 24.8 Å². The molecule has 0 unspecified atom stereocenters. The summed E-state index contributed by atoms with van der Waals surface area (Å²) in [4.78, 5) is 41.7. The second-order valence-corrected chi connectivity index (χ2v) is 12.1. The Kier molecular flexibility index (Phi) is 13.3. The maximum Gasteiger partial charge on any atom is 0.410 e. The van der Waals surface area contributed by atoms with Crippen molar-refractivity contribution in [2.75, 3.05) is 51.2 Å². The van der Waals surface area contributed by atoms with Crippen LogP contribution in [0.5, 0.6) is 0 Å². The Bertz CT molecular complexity index is 1140. The first-order chi connectivity index (χ1) is 20.5. The van der Waals surface area contributed by atoms with E-state index in [9.17, 15) is 28.3 Å². The molecule has 8 nitrogen and oxygen atoms in total. The van der Waals surface area contributed by atoms with Gasteiger partial charge in [0.15, 0.2) is 0 Å². The van der Waals surface area contributed by atoms with E-state index in [0.717, 1.165) is 24.9 Å². The molecule has 0 aromatic heterocycles. The summed E-state index contributed by atoms with van der Waals surface area (Å²) in [6.45, 7) is 9.07. The summed E-state index contributed by atoms with van der Waals surface area (Å²) in [5.74, 6) is -1.34. The van der Waals surface area contributed by atoms with Crippen LogP contribution in [0.25, 0.3) is 6.08 Å². The molecular weight excluding hydrogens is 556 g/mol. The number of hydrogen-bond donors (Lipinski definition) is 1. The monoisotopic (exact) mass is 603 g/mol.